The molecule has 2 aromatic heterocycles. The quantitative estimate of drug-likeness (QED) is 0.736. The van der Waals surface area contributed by atoms with Crippen molar-refractivity contribution in [3.8, 4) is 0 Å². The molecule has 1 saturated heterocycles. The zero-order valence-electron chi connectivity index (χ0n) is 14.8. The molecule has 2 amide bonds. The Morgan fingerprint density at radius 1 is 0.889 bits per heavy atom. The maximum absolute atomic E-state index is 12.7. The third kappa shape index (κ3) is 3.48. The number of hydrogen-bond donors (Lipinski definition) is 2. The number of aromatic amines is 2. The standard InChI is InChI=1S/C20H20N4O3/c25-18-6-5-14(12-22-18)20(27)24-9-7-23(8-10-24)19(26)11-15-13-21-17-4-2-1-3-16(15)17/h1-6,12-13,21H,7-11H2,(H,22,25). The van der Waals surface area contributed by atoms with E-state index in [9.17, 15) is 14.4 Å². The lowest BCUT2D eigenvalue weighted by molar-refractivity contribution is -0.131. The number of pyridine rings is 1. The van der Waals surface area contributed by atoms with Crippen molar-refractivity contribution in [2.24, 2.45) is 0 Å². The highest BCUT2D eigenvalue weighted by atomic mass is 16.2. The second kappa shape index (κ2) is 7.11. The van der Waals surface area contributed by atoms with Crippen molar-refractivity contribution < 1.29 is 9.59 Å². The monoisotopic (exact) mass is 364 g/mol. The van der Waals surface area contributed by atoms with Gasteiger partial charge in [-0.05, 0) is 17.7 Å². The van der Waals surface area contributed by atoms with Crippen LogP contribution < -0.4 is 5.56 Å². The number of rotatable bonds is 3. The number of carbonyl (C=O) groups is 2. The largest absolute Gasteiger partial charge is 0.361 e. The number of nitrogens with one attached hydrogen (secondary N) is 2. The van der Waals surface area contributed by atoms with Gasteiger partial charge in [0.15, 0.2) is 0 Å². The smallest absolute Gasteiger partial charge is 0.255 e. The first-order valence-corrected chi connectivity index (χ1v) is 8.92. The van der Waals surface area contributed by atoms with Gasteiger partial charge in [-0.1, -0.05) is 18.2 Å². The number of carbonyl (C=O) groups excluding carboxylic acids is 2. The van der Waals surface area contributed by atoms with Crippen LogP contribution in [0.1, 0.15) is 15.9 Å². The van der Waals surface area contributed by atoms with E-state index in [0.29, 0.717) is 38.2 Å². The molecule has 1 aliphatic heterocycles. The molecule has 7 nitrogen and oxygen atoms in total. The molecule has 2 N–H and O–H groups in total. The number of aromatic nitrogens is 2. The summed E-state index contributed by atoms with van der Waals surface area (Å²) in [4.78, 5) is 45.5. The molecule has 1 aromatic carbocycles. The number of hydrogen-bond acceptors (Lipinski definition) is 3. The summed E-state index contributed by atoms with van der Waals surface area (Å²) in [7, 11) is 0. The van der Waals surface area contributed by atoms with Crippen LogP contribution in [0.4, 0.5) is 0 Å². The Balaban J connectivity index is 1.37. The fourth-order valence-electron chi connectivity index (χ4n) is 3.44. The number of H-pyrrole nitrogens is 2. The highest BCUT2D eigenvalue weighted by Crippen LogP contribution is 2.19. The van der Waals surface area contributed by atoms with E-state index in [2.05, 4.69) is 9.97 Å². The summed E-state index contributed by atoms with van der Waals surface area (Å²) < 4.78 is 0. The van der Waals surface area contributed by atoms with Crippen LogP contribution in [-0.4, -0.2) is 57.8 Å². The molecule has 3 heterocycles. The van der Waals surface area contributed by atoms with Gasteiger partial charge < -0.3 is 19.8 Å². The van der Waals surface area contributed by atoms with Crippen LogP contribution in [0.3, 0.4) is 0 Å². The maximum Gasteiger partial charge on any atom is 0.255 e. The second-order valence-electron chi connectivity index (χ2n) is 6.65. The van der Waals surface area contributed by atoms with Crippen LogP contribution in [0.15, 0.2) is 53.6 Å². The molecule has 0 aliphatic carbocycles. The Labute approximate surface area is 155 Å². The average Bonchev–Trinajstić information content (AvgIpc) is 3.11. The molecule has 0 unspecified atom stereocenters. The number of fused-ring (bicyclic) bond motifs is 1. The van der Waals surface area contributed by atoms with Gasteiger partial charge in [0, 0.05) is 55.5 Å². The van der Waals surface area contributed by atoms with Gasteiger partial charge >= 0.3 is 0 Å². The minimum atomic E-state index is -0.237. The Morgan fingerprint density at radius 3 is 2.37 bits per heavy atom. The molecule has 27 heavy (non-hydrogen) atoms. The lowest BCUT2D eigenvalue weighted by Crippen LogP contribution is -2.51. The third-order valence-corrected chi connectivity index (χ3v) is 4.97. The first-order valence-electron chi connectivity index (χ1n) is 8.92. The Hall–Kier alpha value is -3.35. The predicted molar refractivity (Wildman–Crippen MR) is 102 cm³/mol. The number of amides is 2. The van der Waals surface area contributed by atoms with E-state index in [4.69, 9.17) is 0 Å². The molecule has 0 bridgehead atoms. The number of piperazine rings is 1. The third-order valence-electron chi connectivity index (χ3n) is 4.97. The minimum Gasteiger partial charge on any atom is -0.361 e. The van der Waals surface area contributed by atoms with Crippen molar-refractivity contribution in [1.29, 1.82) is 0 Å². The Kier molecular flexibility index (Phi) is 4.50. The van der Waals surface area contributed by atoms with E-state index >= 15 is 0 Å². The molecule has 0 radical (unpaired) electrons. The first-order chi connectivity index (χ1) is 13.1. The van der Waals surface area contributed by atoms with Crippen molar-refractivity contribution in [2.75, 3.05) is 26.2 Å². The van der Waals surface area contributed by atoms with Crippen LogP contribution in [0.2, 0.25) is 0 Å². The van der Waals surface area contributed by atoms with Crippen LogP contribution in [-0.2, 0) is 11.2 Å². The highest BCUT2D eigenvalue weighted by Gasteiger charge is 2.25. The van der Waals surface area contributed by atoms with Gasteiger partial charge in [-0.15, -0.1) is 0 Å². The molecule has 0 saturated carbocycles. The lowest BCUT2D eigenvalue weighted by atomic mass is 10.1. The van der Waals surface area contributed by atoms with Gasteiger partial charge in [-0.2, -0.15) is 0 Å². The number of para-hydroxylation sites is 1. The van der Waals surface area contributed by atoms with E-state index in [1.54, 1.807) is 9.80 Å². The normalized spacial score (nSPS) is 14.5. The molecule has 1 aliphatic rings. The highest BCUT2D eigenvalue weighted by molar-refractivity contribution is 5.94. The molecule has 138 valence electrons. The molecule has 0 atom stereocenters. The van der Waals surface area contributed by atoms with Crippen LogP contribution in [0.5, 0.6) is 0 Å². The van der Waals surface area contributed by atoms with Gasteiger partial charge in [0.25, 0.3) is 5.91 Å². The van der Waals surface area contributed by atoms with Crippen molar-refractivity contribution in [3.05, 3.63) is 70.3 Å². The van der Waals surface area contributed by atoms with E-state index in [0.717, 1.165) is 16.5 Å². The molecular formula is C20H20N4O3. The summed E-state index contributed by atoms with van der Waals surface area (Å²) in [6, 6.07) is 10.8. The van der Waals surface area contributed by atoms with Gasteiger partial charge in [0.2, 0.25) is 11.5 Å². The van der Waals surface area contributed by atoms with Crippen LogP contribution >= 0.6 is 0 Å². The number of nitrogens with zero attached hydrogens (tertiary/aromatic N) is 2. The van der Waals surface area contributed by atoms with E-state index in [1.165, 1.54) is 18.3 Å². The molecule has 3 aromatic rings. The average molecular weight is 364 g/mol. The van der Waals surface area contributed by atoms with Crippen LogP contribution in [0.25, 0.3) is 10.9 Å². The van der Waals surface area contributed by atoms with E-state index < -0.39 is 0 Å². The van der Waals surface area contributed by atoms with Crippen molar-refractivity contribution in [2.45, 2.75) is 6.42 Å². The maximum atomic E-state index is 12.7. The summed E-state index contributed by atoms with van der Waals surface area (Å²) in [5, 5.41) is 1.07. The van der Waals surface area contributed by atoms with Crippen molar-refractivity contribution in [1.82, 2.24) is 19.8 Å². The van der Waals surface area contributed by atoms with E-state index in [1.807, 2.05) is 30.5 Å². The molecule has 0 spiro atoms. The van der Waals surface area contributed by atoms with Gasteiger partial charge in [-0.25, -0.2) is 0 Å². The predicted octanol–water partition coefficient (Wildman–Crippen LogP) is 1.38. The topological polar surface area (TPSA) is 89.3 Å². The van der Waals surface area contributed by atoms with Gasteiger partial charge in [-0.3, -0.25) is 14.4 Å². The molecule has 1 fully saturated rings. The zero-order chi connectivity index (χ0) is 18.8. The Morgan fingerprint density at radius 2 is 1.63 bits per heavy atom. The summed E-state index contributed by atoms with van der Waals surface area (Å²) >= 11 is 0. The van der Waals surface area contributed by atoms with Gasteiger partial charge in [0.1, 0.15) is 0 Å². The fourth-order valence-corrected chi connectivity index (χ4v) is 3.44. The second-order valence-corrected chi connectivity index (χ2v) is 6.65. The molecule has 4 rings (SSSR count). The molecule has 7 heteroatoms. The lowest BCUT2D eigenvalue weighted by Gasteiger charge is -2.34. The first kappa shape index (κ1) is 17.1. The van der Waals surface area contributed by atoms with Crippen molar-refractivity contribution in [3.63, 3.8) is 0 Å². The minimum absolute atomic E-state index is 0.0656. The SMILES string of the molecule is O=C(Cc1c[nH]c2ccccc12)N1CCN(C(=O)c2ccc(=O)[nH]c2)CC1. The molecular weight excluding hydrogens is 344 g/mol. The summed E-state index contributed by atoms with van der Waals surface area (Å²) in [5.41, 5.74) is 2.23. The summed E-state index contributed by atoms with van der Waals surface area (Å²) in [6.07, 6.45) is 3.66. The number of benzene rings is 1. The van der Waals surface area contributed by atoms with Crippen molar-refractivity contribution >= 4 is 22.7 Å². The van der Waals surface area contributed by atoms with Crippen LogP contribution in [0, 0.1) is 0 Å². The fraction of sp³-hybridized carbons (Fsp3) is 0.250. The Bertz CT molecular complexity index is 1020. The summed E-state index contributed by atoms with van der Waals surface area (Å²) in [5.74, 6) is -0.0640. The van der Waals surface area contributed by atoms with E-state index in [-0.39, 0.29) is 17.4 Å². The van der Waals surface area contributed by atoms with Gasteiger partial charge in [0.05, 0.1) is 12.0 Å². The zero-order valence-corrected chi connectivity index (χ0v) is 14.8. The summed E-state index contributed by atoms with van der Waals surface area (Å²) in [6.45, 7) is 1.99.